The summed E-state index contributed by atoms with van der Waals surface area (Å²) in [6.45, 7) is 8.22. The number of urea groups is 1. The molecule has 144 valence electrons. The van der Waals surface area contributed by atoms with Gasteiger partial charge in [-0.15, -0.1) is 0 Å². The summed E-state index contributed by atoms with van der Waals surface area (Å²) in [7, 11) is 0. The van der Waals surface area contributed by atoms with Crippen LogP contribution in [-0.4, -0.2) is 43.8 Å². The number of esters is 1. The lowest BCUT2D eigenvalue weighted by Crippen LogP contribution is -2.44. The Morgan fingerprint density at radius 2 is 1.81 bits per heavy atom. The summed E-state index contributed by atoms with van der Waals surface area (Å²) in [6, 6.07) is 4.02. The van der Waals surface area contributed by atoms with Gasteiger partial charge >= 0.3 is 12.0 Å². The number of rotatable bonds is 9. The monoisotopic (exact) mass is 366 g/mol. The minimum atomic E-state index is -1.13. The second-order valence-electron chi connectivity index (χ2n) is 5.34. The molecule has 1 aromatic rings. The summed E-state index contributed by atoms with van der Waals surface area (Å²) in [5.41, 5.74) is 0.218. The van der Waals surface area contributed by atoms with Gasteiger partial charge in [-0.25, -0.2) is 9.59 Å². The molecule has 26 heavy (non-hydrogen) atoms. The molecule has 2 N–H and O–H groups in total. The third-order valence-electron chi connectivity index (χ3n) is 3.17. The summed E-state index contributed by atoms with van der Waals surface area (Å²) in [6.07, 6.45) is -0.287. The van der Waals surface area contributed by atoms with Gasteiger partial charge in [-0.3, -0.25) is 10.1 Å². The van der Waals surface area contributed by atoms with Crippen LogP contribution in [0.5, 0.6) is 11.5 Å². The van der Waals surface area contributed by atoms with E-state index in [9.17, 15) is 14.4 Å². The van der Waals surface area contributed by atoms with Gasteiger partial charge < -0.3 is 19.5 Å². The number of benzene rings is 1. The van der Waals surface area contributed by atoms with Crippen molar-refractivity contribution in [1.82, 2.24) is 10.6 Å². The van der Waals surface area contributed by atoms with E-state index in [2.05, 4.69) is 10.6 Å². The highest BCUT2D eigenvalue weighted by atomic mass is 16.5. The topological polar surface area (TPSA) is 103 Å². The zero-order valence-electron chi connectivity index (χ0n) is 15.6. The Balaban J connectivity index is 2.77. The largest absolute Gasteiger partial charge is 0.490 e. The zero-order chi connectivity index (χ0) is 19.5. The third-order valence-corrected chi connectivity index (χ3v) is 3.17. The molecule has 1 rings (SSSR count). The maximum absolute atomic E-state index is 12.3. The van der Waals surface area contributed by atoms with Gasteiger partial charge in [0.2, 0.25) is 0 Å². The van der Waals surface area contributed by atoms with Crippen molar-refractivity contribution in [3.05, 3.63) is 23.8 Å². The van der Waals surface area contributed by atoms with Crippen molar-refractivity contribution in [2.75, 3.05) is 19.8 Å². The van der Waals surface area contributed by atoms with E-state index in [1.807, 2.05) is 13.8 Å². The van der Waals surface area contributed by atoms with Gasteiger partial charge in [-0.05, 0) is 45.4 Å². The van der Waals surface area contributed by atoms with E-state index in [0.717, 1.165) is 6.42 Å². The highest BCUT2D eigenvalue weighted by Gasteiger charge is 2.21. The van der Waals surface area contributed by atoms with E-state index in [0.29, 0.717) is 31.3 Å². The molecule has 0 fully saturated rings. The van der Waals surface area contributed by atoms with E-state index in [4.69, 9.17) is 14.2 Å². The molecule has 0 aromatic heterocycles. The molecule has 1 aromatic carbocycles. The quantitative estimate of drug-likeness (QED) is 0.650. The lowest BCUT2D eigenvalue weighted by Gasteiger charge is -2.15. The predicted molar refractivity (Wildman–Crippen MR) is 95.5 cm³/mol. The van der Waals surface area contributed by atoms with Crippen molar-refractivity contribution in [2.24, 2.45) is 0 Å². The first kappa shape index (κ1) is 21.3. The standard InChI is InChI=1S/C18H26N2O6/c1-5-10-25-14-9-8-13(11-15(14)24-7-3)17(22)26-12(4)16(21)20-18(23)19-6-2/h8-9,11-12H,5-7,10H2,1-4H3,(H2,19,20,21,23)/t12-/m0/s1. The molecule has 0 radical (unpaired) electrons. The van der Waals surface area contributed by atoms with Crippen LogP contribution >= 0.6 is 0 Å². The van der Waals surface area contributed by atoms with E-state index in [1.165, 1.54) is 19.1 Å². The number of hydrogen-bond acceptors (Lipinski definition) is 6. The fourth-order valence-corrected chi connectivity index (χ4v) is 1.93. The lowest BCUT2D eigenvalue weighted by molar-refractivity contribution is -0.127. The first-order chi connectivity index (χ1) is 12.4. The Labute approximate surface area is 153 Å². The van der Waals surface area contributed by atoms with Crippen LogP contribution in [0.1, 0.15) is 44.5 Å². The van der Waals surface area contributed by atoms with Crippen LogP contribution in [0.2, 0.25) is 0 Å². The highest BCUT2D eigenvalue weighted by Crippen LogP contribution is 2.29. The van der Waals surface area contributed by atoms with E-state index < -0.39 is 24.0 Å². The van der Waals surface area contributed by atoms with Gasteiger partial charge in [0.15, 0.2) is 17.6 Å². The van der Waals surface area contributed by atoms with Crippen LogP contribution in [0.3, 0.4) is 0 Å². The molecule has 8 nitrogen and oxygen atoms in total. The van der Waals surface area contributed by atoms with Gasteiger partial charge in [0.25, 0.3) is 5.91 Å². The van der Waals surface area contributed by atoms with Gasteiger partial charge in [0, 0.05) is 6.54 Å². The van der Waals surface area contributed by atoms with Crippen LogP contribution in [0.4, 0.5) is 4.79 Å². The Kier molecular flexibility index (Phi) is 8.97. The van der Waals surface area contributed by atoms with Crippen molar-refractivity contribution >= 4 is 17.9 Å². The number of carbonyl (C=O) groups is 3. The normalized spacial score (nSPS) is 11.2. The Hall–Kier alpha value is -2.77. The predicted octanol–water partition coefficient (Wildman–Crippen LogP) is 2.27. The van der Waals surface area contributed by atoms with Crippen molar-refractivity contribution in [1.29, 1.82) is 0 Å². The Bertz CT molecular complexity index is 632. The third kappa shape index (κ3) is 6.62. The molecule has 1 atom stereocenters. The van der Waals surface area contributed by atoms with Crippen molar-refractivity contribution in [2.45, 2.75) is 40.2 Å². The minimum Gasteiger partial charge on any atom is -0.490 e. The second kappa shape index (κ2) is 11.0. The number of imide groups is 1. The molecule has 0 bridgehead atoms. The van der Waals surface area contributed by atoms with Crippen molar-refractivity contribution in [3.63, 3.8) is 0 Å². The van der Waals surface area contributed by atoms with Gasteiger partial charge in [-0.2, -0.15) is 0 Å². The fraction of sp³-hybridized carbons (Fsp3) is 0.500. The van der Waals surface area contributed by atoms with Crippen LogP contribution in [0.15, 0.2) is 18.2 Å². The molecule has 0 aliphatic rings. The van der Waals surface area contributed by atoms with Crippen LogP contribution in [0, 0.1) is 0 Å². The fourth-order valence-electron chi connectivity index (χ4n) is 1.93. The first-order valence-electron chi connectivity index (χ1n) is 8.62. The number of hydrogen-bond donors (Lipinski definition) is 2. The minimum absolute atomic E-state index is 0.218. The molecule has 0 saturated heterocycles. The van der Waals surface area contributed by atoms with E-state index in [1.54, 1.807) is 13.0 Å². The Morgan fingerprint density at radius 1 is 1.08 bits per heavy atom. The molecule has 8 heteroatoms. The summed E-state index contributed by atoms with van der Waals surface area (Å²) < 4.78 is 16.2. The van der Waals surface area contributed by atoms with E-state index in [-0.39, 0.29) is 5.56 Å². The summed E-state index contributed by atoms with van der Waals surface area (Å²) in [4.78, 5) is 35.4. The summed E-state index contributed by atoms with van der Waals surface area (Å²) >= 11 is 0. The molecular formula is C18H26N2O6. The lowest BCUT2D eigenvalue weighted by atomic mass is 10.2. The molecule has 3 amide bonds. The molecule has 0 unspecified atom stereocenters. The molecule has 0 heterocycles. The number of amides is 3. The molecular weight excluding hydrogens is 340 g/mol. The van der Waals surface area contributed by atoms with Crippen molar-refractivity contribution < 1.29 is 28.6 Å². The maximum Gasteiger partial charge on any atom is 0.339 e. The molecule has 0 saturated carbocycles. The van der Waals surface area contributed by atoms with Gasteiger partial charge in [0.05, 0.1) is 18.8 Å². The maximum atomic E-state index is 12.3. The number of carbonyl (C=O) groups excluding carboxylic acids is 3. The second-order valence-corrected chi connectivity index (χ2v) is 5.34. The van der Waals surface area contributed by atoms with Crippen LogP contribution in [0.25, 0.3) is 0 Å². The SMILES string of the molecule is CCCOc1ccc(C(=O)O[C@@H](C)C(=O)NC(=O)NCC)cc1OCC. The van der Waals surface area contributed by atoms with Crippen LogP contribution in [-0.2, 0) is 9.53 Å². The van der Waals surface area contributed by atoms with Gasteiger partial charge in [-0.1, -0.05) is 6.92 Å². The molecule has 0 aliphatic carbocycles. The molecule has 0 spiro atoms. The van der Waals surface area contributed by atoms with Crippen LogP contribution < -0.4 is 20.1 Å². The van der Waals surface area contributed by atoms with E-state index >= 15 is 0 Å². The molecule has 0 aliphatic heterocycles. The smallest absolute Gasteiger partial charge is 0.339 e. The van der Waals surface area contributed by atoms with Crippen molar-refractivity contribution in [3.8, 4) is 11.5 Å². The number of nitrogens with one attached hydrogen (secondary N) is 2. The summed E-state index contributed by atoms with van der Waals surface area (Å²) in [5.74, 6) is -0.453. The first-order valence-corrected chi connectivity index (χ1v) is 8.62. The van der Waals surface area contributed by atoms with Gasteiger partial charge in [0.1, 0.15) is 0 Å². The zero-order valence-corrected chi connectivity index (χ0v) is 15.6. The Morgan fingerprint density at radius 3 is 2.42 bits per heavy atom. The highest BCUT2D eigenvalue weighted by molar-refractivity contribution is 5.98. The summed E-state index contributed by atoms with van der Waals surface area (Å²) in [5, 5.41) is 4.51. The average Bonchev–Trinajstić information content (AvgIpc) is 2.60. The average molecular weight is 366 g/mol. The number of ether oxygens (including phenoxy) is 3.